The van der Waals surface area contributed by atoms with Crippen LogP contribution < -0.4 is 5.32 Å². The minimum atomic E-state index is -0.401. The summed E-state index contributed by atoms with van der Waals surface area (Å²) in [6.45, 7) is 1.24. The highest BCUT2D eigenvalue weighted by Crippen LogP contribution is 2.33. The number of epoxide rings is 1. The molecule has 4 heteroatoms. The van der Waals surface area contributed by atoms with E-state index in [0.29, 0.717) is 19.6 Å². The summed E-state index contributed by atoms with van der Waals surface area (Å²) < 4.78 is 11.1. The van der Waals surface area contributed by atoms with Gasteiger partial charge in [0.2, 0.25) is 6.41 Å². The van der Waals surface area contributed by atoms with Crippen LogP contribution in [0.5, 0.6) is 0 Å². The first-order chi connectivity index (χ1) is 9.82. The van der Waals surface area contributed by atoms with Gasteiger partial charge in [0.05, 0.1) is 12.1 Å². The Labute approximate surface area is 118 Å². The number of carbonyl (C=O) groups excluding carboxylic acids is 1. The highest BCUT2D eigenvalue weighted by atomic mass is 16.6. The molecule has 1 saturated heterocycles. The average molecular weight is 271 g/mol. The maximum atomic E-state index is 10.8. The fourth-order valence-corrected chi connectivity index (χ4v) is 2.38. The Morgan fingerprint density at radius 1 is 1.40 bits per heavy atom. The Bertz CT molecular complexity index is 534. The molecule has 20 heavy (non-hydrogen) atoms. The minimum absolute atomic E-state index is 0.0795. The second-order valence-electron chi connectivity index (χ2n) is 5.04. The van der Waals surface area contributed by atoms with Gasteiger partial charge in [-0.2, -0.15) is 0 Å². The number of allylic oxidation sites excluding steroid dienone is 1. The van der Waals surface area contributed by atoms with Gasteiger partial charge in [0.25, 0.3) is 0 Å². The third-order valence-corrected chi connectivity index (χ3v) is 3.67. The number of nitrogens with one attached hydrogen (secondary N) is 1. The van der Waals surface area contributed by atoms with Crippen LogP contribution in [0.15, 0.2) is 54.3 Å². The van der Waals surface area contributed by atoms with Crippen molar-refractivity contribution in [3.63, 3.8) is 0 Å². The van der Waals surface area contributed by atoms with Gasteiger partial charge in [-0.05, 0) is 24.1 Å². The van der Waals surface area contributed by atoms with Crippen LogP contribution in [0.3, 0.4) is 0 Å². The third-order valence-electron chi connectivity index (χ3n) is 3.67. The number of benzene rings is 1. The fraction of sp³-hybridized carbons (Fsp3) is 0.312. The highest BCUT2D eigenvalue weighted by molar-refractivity contribution is 5.51. The lowest BCUT2D eigenvalue weighted by Gasteiger charge is -2.30. The van der Waals surface area contributed by atoms with Gasteiger partial charge in [-0.1, -0.05) is 36.4 Å². The molecule has 1 aromatic carbocycles. The summed E-state index contributed by atoms with van der Waals surface area (Å²) in [6.07, 6.45) is 7.38. The molecule has 2 unspecified atom stereocenters. The molecule has 104 valence electrons. The third kappa shape index (κ3) is 2.75. The minimum Gasteiger partial charge on any atom is -0.489 e. The lowest BCUT2D eigenvalue weighted by Crippen LogP contribution is -2.48. The topological polar surface area (TPSA) is 50.9 Å². The van der Waals surface area contributed by atoms with Crippen molar-refractivity contribution in [3.05, 3.63) is 59.9 Å². The number of amides is 1. The molecule has 4 nitrogen and oxygen atoms in total. The first-order valence-corrected chi connectivity index (χ1v) is 6.71. The second-order valence-corrected chi connectivity index (χ2v) is 5.04. The number of hydrogen-bond donors (Lipinski definition) is 1. The summed E-state index contributed by atoms with van der Waals surface area (Å²) in [5.41, 5.74) is 0.733. The number of hydrogen-bond acceptors (Lipinski definition) is 3. The van der Waals surface area contributed by atoms with E-state index in [-0.39, 0.29) is 6.10 Å². The molecule has 1 fully saturated rings. The number of carbonyl (C=O) groups is 1. The van der Waals surface area contributed by atoms with Gasteiger partial charge in [-0.25, -0.2) is 0 Å². The van der Waals surface area contributed by atoms with E-state index in [1.54, 1.807) is 0 Å². The summed E-state index contributed by atoms with van der Waals surface area (Å²) in [4.78, 5) is 10.8. The zero-order valence-electron chi connectivity index (χ0n) is 11.1. The first-order valence-electron chi connectivity index (χ1n) is 6.71. The SMILES string of the molecule is O=CNC1(C2CO2)C=CC(OCc2ccccc2)=CC1. The highest BCUT2D eigenvalue weighted by Gasteiger charge is 2.45. The summed E-state index contributed by atoms with van der Waals surface area (Å²) in [5.74, 6) is 0.831. The van der Waals surface area contributed by atoms with Gasteiger partial charge in [0.15, 0.2) is 0 Å². The quantitative estimate of drug-likeness (QED) is 0.635. The predicted molar refractivity (Wildman–Crippen MR) is 74.7 cm³/mol. The summed E-state index contributed by atoms with van der Waals surface area (Å²) in [6, 6.07) is 10.0. The van der Waals surface area contributed by atoms with Gasteiger partial charge in [0, 0.05) is 0 Å². The molecule has 1 heterocycles. The van der Waals surface area contributed by atoms with Crippen LogP contribution in [0, 0.1) is 0 Å². The lowest BCUT2D eigenvalue weighted by molar-refractivity contribution is -0.111. The van der Waals surface area contributed by atoms with Crippen molar-refractivity contribution in [2.75, 3.05) is 6.61 Å². The number of rotatable bonds is 6. The van der Waals surface area contributed by atoms with E-state index >= 15 is 0 Å². The van der Waals surface area contributed by atoms with Gasteiger partial charge in [-0.15, -0.1) is 0 Å². The van der Waals surface area contributed by atoms with Gasteiger partial charge >= 0.3 is 0 Å². The molecule has 1 N–H and O–H groups in total. The standard InChI is InChI=1S/C16H17NO3/c18-12-17-16(15-11-20-15)8-6-14(7-9-16)19-10-13-4-2-1-3-5-13/h1-8,12,15H,9-11H2,(H,17,18). The monoisotopic (exact) mass is 271 g/mol. The largest absolute Gasteiger partial charge is 0.489 e. The normalized spacial score (nSPS) is 27.6. The van der Waals surface area contributed by atoms with E-state index in [1.165, 1.54) is 0 Å². The molecule has 1 aliphatic carbocycles. The van der Waals surface area contributed by atoms with Crippen molar-refractivity contribution in [2.24, 2.45) is 0 Å². The Morgan fingerprint density at radius 3 is 2.80 bits per heavy atom. The summed E-state index contributed by atoms with van der Waals surface area (Å²) >= 11 is 0. The smallest absolute Gasteiger partial charge is 0.207 e. The molecule has 1 aliphatic heterocycles. The Kier molecular flexibility index (Phi) is 3.56. The molecule has 1 aromatic rings. The van der Waals surface area contributed by atoms with Gasteiger partial charge in [-0.3, -0.25) is 4.79 Å². The van der Waals surface area contributed by atoms with Crippen molar-refractivity contribution in [1.29, 1.82) is 0 Å². The van der Waals surface area contributed by atoms with Crippen molar-refractivity contribution < 1.29 is 14.3 Å². The van der Waals surface area contributed by atoms with Crippen molar-refractivity contribution >= 4 is 6.41 Å². The summed E-state index contributed by atoms with van der Waals surface area (Å²) in [7, 11) is 0. The maximum absolute atomic E-state index is 10.8. The molecule has 2 aliphatic rings. The molecular weight excluding hydrogens is 254 g/mol. The van der Waals surface area contributed by atoms with Crippen LogP contribution in [0.1, 0.15) is 12.0 Å². The first kappa shape index (κ1) is 12.9. The molecule has 3 rings (SSSR count). The zero-order valence-corrected chi connectivity index (χ0v) is 11.1. The van der Waals surface area contributed by atoms with Crippen LogP contribution in [-0.4, -0.2) is 24.7 Å². The lowest BCUT2D eigenvalue weighted by atomic mass is 9.87. The van der Waals surface area contributed by atoms with E-state index in [1.807, 2.05) is 48.6 Å². The molecule has 0 bridgehead atoms. The predicted octanol–water partition coefficient (Wildman–Crippen LogP) is 1.93. The summed E-state index contributed by atoms with van der Waals surface area (Å²) in [5, 5.41) is 2.86. The molecular formula is C16H17NO3. The molecule has 0 spiro atoms. The van der Waals surface area contributed by atoms with Crippen LogP contribution in [0.2, 0.25) is 0 Å². The molecule has 2 atom stereocenters. The van der Waals surface area contributed by atoms with E-state index < -0.39 is 5.54 Å². The molecule has 0 radical (unpaired) electrons. The average Bonchev–Trinajstić information content (AvgIpc) is 3.33. The maximum Gasteiger partial charge on any atom is 0.207 e. The second kappa shape index (κ2) is 5.51. The molecule has 1 amide bonds. The van der Waals surface area contributed by atoms with E-state index in [2.05, 4.69) is 5.32 Å². The Hall–Kier alpha value is -2.07. The van der Waals surface area contributed by atoms with Crippen LogP contribution in [-0.2, 0) is 20.9 Å². The van der Waals surface area contributed by atoms with Crippen LogP contribution in [0.4, 0.5) is 0 Å². The van der Waals surface area contributed by atoms with E-state index in [4.69, 9.17) is 9.47 Å². The van der Waals surface area contributed by atoms with E-state index in [0.717, 1.165) is 17.7 Å². The molecule has 0 saturated carbocycles. The van der Waals surface area contributed by atoms with Crippen molar-refractivity contribution in [1.82, 2.24) is 5.32 Å². The van der Waals surface area contributed by atoms with Crippen molar-refractivity contribution in [3.8, 4) is 0 Å². The molecule has 0 aromatic heterocycles. The van der Waals surface area contributed by atoms with Crippen LogP contribution >= 0.6 is 0 Å². The van der Waals surface area contributed by atoms with Gasteiger partial charge < -0.3 is 14.8 Å². The zero-order chi connectivity index (χ0) is 13.8. The van der Waals surface area contributed by atoms with Crippen LogP contribution in [0.25, 0.3) is 0 Å². The fourth-order valence-electron chi connectivity index (χ4n) is 2.38. The Morgan fingerprint density at radius 2 is 2.20 bits per heavy atom. The number of ether oxygens (including phenoxy) is 2. The van der Waals surface area contributed by atoms with Gasteiger partial charge in [0.1, 0.15) is 18.5 Å². The van der Waals surface area contributed by atoms with E-state index in [9.17, 15) is 4.79 Å². The Balaban J connectivity index is 1.60. The van der Waals surface area contributed by atoms with Crippen molar-refractivity contribution in [2.45, 2.75) is 24.7 Å².